The summed E-state index contributed by atoms with van der Waals surface area (Å²) in [5.41, 5.74) is 5.10. The number of hydrogen-bond acceptors (Lipinski definition) is 4. The van der Waals surface area contributed by atoms with E-state index in [1.807, 2.05) is 0 Å². The van der Waals surface area contributed by atoms with Crippen molar-refractivity contribution in [1.82, 2.24) is 10.9 Å². The molecule has 2 amide bonds. The Labute approximate surface area is 137 Å². The van der Waals surface area contributed by atoms with Crippen molar-refractivity contribution in [1.29, 1.82) is 0 Å². The molecule has 0 aliphatic heterocycles. The number of hydrazine groups is 1. The Hall–Kier alpha value is -2.28. The standard InChI is InChI=1S/C16H17FN2O3S/c1-10-9-14(11(2)22-10)16(21)19-18-15(20)7-8-23-13-5-3-12(17)4-6-13/h3-6,9H,7-8H2,1-2H3,(H,18,20)(H,19,21). The molecule has 2 N–H and O–H groups in total. The van der Waals surface area contributed by atoms with Crippen LogP contribution in [0.5, 0.6) is 0 Å². The molecule has 1 aromatic heterocycles. The van der Waals surface area contributed by atoms with E-state index in [-0.39, 0.29) is 18.1 Å². The summed E-state index contributed by atoms with van der Waals surface area (Å²) in [4.78, 5) is 24.5. The third kappa shape index (κ3) is 5.14. The van der Waals surface area contributed by atoms with E-state index >= 15 is 0 Å². The fraction of sp³-hybridized carbons (Fsp3) is 0.250. The van der Waals surface area contributed by atoms with Gasteiger partial charge in [-0.15, -0.1) is 11.8 Å². The van der Waals surface area contributed by atoms with E-state index < -0.39 is 5.91 Å². The highest BCUT2D eigenvalue weighted by atomic mass is 32.2. The predicted octanol–water partition coefficient (Wildman–Crippen LogP) is 2.98. The van der Waals surface area contributed by atoms with E-state index in [2.05, 4.69) is 10.9 Å². The maximum atomic E-state index is 12.8. The zero-order valence-corrected chi connectivity index (χ0v) is 13.6. The Bertz CT molecular complexity index is 698. The lowest BCUT2D eigenvalue weighted by Crippen LogP contribution is -2.41. The molecular formula is C16H17FN2O3S. The first kappa shape index (κ1) is 17.1. The summed E-state index contributed by atoms with van der Waals surface area (Å²) >= 11 is 1.44. The Morgan fingerprint density at radius 3 is 2.48 bits per heavy atom. The molecule has 1 heterocycles. The normalized spacial score (nSPS) is 10.4. The van der Waals surface area contributed by atoms with Gasteiger partial charge >= 0.3 is 0 Å². The van der Waals surface area contributed by atoms with Crippen LogP contribution in [-0.4, -0.2) is 17.6 Å². The van der Waals surface area contributed by atoms with Gasteiger partial charge < -0.3 is 4.42 Å². The maximum Gasteiger partial charge on any atom is 0.273 e. The Kier molecular flexibility index (Phi) is 5.81. The molecule has 0 aliphatic carbocycles. The highest BCUT2D eigenvalue weighted by Gasteiger charge is 2.13. The van der Waals surface area contributed by atoms with Crippen molar-refractivity contribution in [2.24, 2.45) is 0 Å². The SMILES string of the molecule is Cc1cc(C(=O)NNC(=O)CCSc2ccc(F)cc2)c(C)o1. The van der Waals surface area contributed by atoms with E-state index in [0.717, 1.165) is 4.90 Å². The summed E-state index contributed by atoms with van der Waals surface area (Å²) in [6.45, 7) is 3.43. The van der Waals surface area contributed by atoms with Crippen LogP contribution >= 0.6 is 11.8 Å². The predicted molar refractivity (Wildman–Crippen MR) is 85.5 cm³/mol. The van der Waals surface area contributed by atoms with Gasteiger partial charge in [-0.25, -0.2) is 4.39 Å². The minimum Gasteiger partial charge on any atom is -0.466 e. The number of furan rings is 1. The molecule has 0 bridgehead atoms. The van der Waals surface area contributed by atoms with Gasteiger partial charge in [-0.3, -0.25) is 20.4 Å². The summed E-state index contributed by atoms with van der Waals surface area (Å²) in [7, 11) is 0. The first-order valence-electron chi connectivity index (χ1n) is 7.00. The lowest BCUT2D eigenvalue weighted by molar-refractivity contribution is -0.121. The molecule has 0 radical (unpaired) electrons. The zero-order valence-electron chi connectivity index (χ0n) is 12.8. The van der Waals surface area contributed by atoms with Gasteiger partial charge in [0.15, 0.2) is 0 Å². The fourth-order valence-electron chi connectivity index (χ4n) is 1.90. The van der Waals surface area contributed by atoms with E-state index in [4.69, 9.17) is 4.42 Å². The number of hydrogen-bond donors (Lipinski definition) is 2. The third-order valence-corrected chi connectivity index (χ3v) is 4.03. The van der Waals surface area contributed by atoms with Crippen LogP contribution in [0.25, 0.3) is 0 Å². The van der Waals surface area contributed by atoms with Crippen LogP contribution in [-0.2, 0) is 4.79 Å². The molecule has 0 aliphatic rings. The van der Waals surface area contributed by atoms with Crippen molar-refractivity contribution in [3.05, 3.63) is 53.2 Å². The summed E-state index contributed by atoms with van der Waals surface area (Å²) in [5, 5.41) is 0. The van der Waals surface area contributed by atoms with Crippen LogP contribution in [0.3, 0.4) is 0 Å². The second-order valence-corrected chi connectivity index (χ2v) is 6.05. The third-order valence-electron chi connectivity index (χ3n) is 3.01. The van der Waals surface area contributed by atoms with Gasteiger partial charge in [-0.1, -0.05) is 0 Å². The summed E-state index contributed by atoms with van der Waals surface area (Å²) in [5.74, 6) is 0.650. The number of amides is 2. The quantitative estimate of drug-likeness (QED) is 0.650. The monoisotopic (exact) mass is 336 g/mol. The van der Waals surface area contributed by atoms with Crippen molar-refractivity contribution < 1.29 is 18.4 Å². The largest absolute Gasteiger partial charge is 0.466 e. The van der Waals surface area contributed by atoms with E-state index in [1.165, 1.54) is 23.9 Å². The minimum atomic E-state index is -0.418. The van der Waals surface area contributed by atoms with E-state index in [9.17, 15) is 14.0 Å². The van der Waals surface area contributed by atoms with Crippen LogP contribution in [0.1, 0.15) is 28.3 Å². The minimum absolute atomic E-state index is 0.228. The van der Waals surface area contributed by atoms with Crippen molar-refractivity contribution in [2.45, 2.75) is 25.2 Å². The van der Waals surface area contributed by atoms with E-state index in [0.29, 0.717) is 22.8 Å². The van der Waals surface area contributed by atoms with Gasteiger partial charge in [0.25, 0.3) is 5.91 Å². The first-order valence-corrected chi connectivity index (χ1v) is 7.99. The number of carbonyl (C=O) groups is 2. The number of benzene rings is 1. The number of rotatable bonds is 5. The average molecular weight is 336 g/mol. The molecule has 5 nitrogen and oxygen atoms in total. The second kappa shape index (κ2) is 7.82. The van der Waals surface area contributed by atoms with Crippen LogP contribution in [0.2, 0.25) is 0 Å². The summed E-state index contributed by atoms with van der Waals surface area (Å²) in [6.07, 6.45) is 0.228. The second-order valence-electron chi connectivity index (χ2n) is 4.88. The van der Waals surface area contributed by atoms with Crippen LogP contribution in [0.4, 0.5) is 4.39 Å². The Balaban J connectivity index is 1.71. The van der Waals surface area contributed by atoms with Gasteiger partial charge in [0.2, 0.25) is 5.91 Å². The summed E-state index contributed by atoms with van der Waals surface area (Å²) in [6, 6.07) is 7.67. The average Bonchev–Trinajstić information content (AvgIpc) is 2.85. The van der Waals surface area contributed by atoms with Crippen LogP contribution in [0.15, 0.2) is 39.6 Å². The molecule has 2 aromatic rings. The number of thioether (sulfide) groups is 1. The number of carbonyl (C=O) groups excluding carboxylic acids is 2. The van der Waals surface area contributed by atoms with Crippen LogP contribution in [0, 0.1) is 19.7 Å². The van der Waals surface area contributed by atoms with Gasteiger partial charge in [0, 0.05) is 17.1 Å². The molecule has 0 saturated heterocycles. The van der Waals surface area contributed by atoms with Gasteiger partial charge in [0.05, 0.1) is 5.56 Å². The van der Waals surface area contributed by atoms with Crippen molar-refractivity contribution in [3.63, 3.8) is 0 Å². The highest BCUT2D eigenvalue weighted by molar-refractivity contribution is 7.99. The van der Waals surface area contributed by atoms with Gasteiger partial charge in [-0.05, 0) is 44.2 Å². The van der Waals surface area contributed by atoms with Crippen molar-refractivity contribution >= 4 is 23.6 Å². The lowest BCUT2D eigenvalue weighted by atomic mass is 10.2. The molecular weight excluding hydrogens is 319 g/mol. The Morgan fingerprint density at radius 2 is 1.87 bits per heavy atom. The molecule has 23 heavy (non-hydrogen) atoms. The number of halogens is 1. The number of nitrogens with one attached hydrogen (secondary N) is 2. The smallest absolute Gasteiger partial charge is 0.273 e. The molecule has 0 unspecified atom stereocenters. The first-order chi connectivity index (χ1) is 11.0. The Morgan fingerprint density at radius 1 is 1.17 bits per heavy atom. The molecule has 0 atom stereocenters. The number of aryl methyl sites for hydroxylation is 2. The molecule has 0 spiro atoms. The molecule has 2 rings (SSSR count). The van der Waals surface area contributed by atoms with Crippen LogP contribution < -0.4 is 10.9 Å². The molecule has 1 aromatic carbocycles. The van der Waals surface area contributed by atoms with E-state index in [1.54, 1.807) is 32.0 Å². The topological polar surface area (TPSA) is 71.3 Å². The zero-order chi connectivity index (χ0) is 16.8. The summed E-state index contributed by atoms with van der Waals surface area (Å²) < 4.78 is 18.0. The molecule has 0 fully saturated rings. The van der Waals surface area contributed by atoms with Gasteiger partial charge in [-0.2, -0.15) is 0 Å². The molecule has 0 saturated carbocycles. The van der Waals surface area contributed by atoms with Gasteiger partial charge in [0.1, 0.15) is 17.3 Å². The van der Waals surface area contributed by atoms with Crippen molar-refractivity contribution in [2.75, 3.05) is 5.75 Å². The van der Waals surface area contributed by atoms with Crippen molar-refractivity contribution in [3.8, 4) is 0 Å². The fourth-order valence-corrected chi connectivity index (χ4v) is 2.76. The molecule has 7 heteroatoms. The lowest BCUT2D eigenvalue weighted by Gasteiger charge is -2.06. The maximum absolute atomic E-state index is 12.8. The highest BCUT2D eigenvalue weighted by Crippen LogP contribution is 2.18. The molecule has 122 valence electrons.